The maximum Gasteiger partial charge on any atom is 0.228 e. The van der Waals surface area contributed by atoms with E-state index in [0.717, 1.165) is 13.0 Å². The molecule has 0 saturated carbocycles. The number of rotatable bonds is 3. The number of nitrogens with one attached hydrogen (secondary N) is 1. The molecule has 0 amide bonds. The van der Waals surface area contributed by atoms with Crippen molar-refractivity contribution in [3.05, 3.63) is 11.7 Å². The molecule has 84 valence electrons. The summed E-state index contributed by atoms with van der Waals surface area (Å²) in [5.74, 6) is 1.29. The van der Waals surface area contributed by atoms with E-state index in [1.54, 1.807) is 0 Å². The van der Waals surface area contributed by atoms with E-state index in [-0.39, 0.29) is 6.04 Å². The number of piperidine rings is 1. The van der Waals surface area contributed by atoms with Crippen LogP contribution >= 0.6 is 0 Å². The lowest BCUT2D eigenvalue weighted by atomic mass is 10.0. The van der Waals surface area contributed by atoms with E-state index in [4.69, 9.17) is 10.3 Å². The van der Waals surface area contributed by atoms with Gasteiger partial charge in [0.25, 0.3) is 0 Å². The molecular weight excluding hydrogens is 192 g/mol. The van der Waals surface area contributed by atoms with Crippen molar-refractivity contribution in [3.8, 4) is 0 Å². The van der Waals surface area contributed by atoms with Crippen LogP contribution in [0.15, 0.2) is 4.52 Å². The molecule has 15 heavy (non-hydrogen) atoms. The molecule has 0 bridgehead atoms. The molecule has 3 N–H and O–H groups in total. The van der Waals surface area contributed by atoms with Crippen molar-refractivity contribution >= 4 is 0 Å². The minimum absolute atomic E-state index is 0.151. The van der Waals surface area contributed by atoms with Gasteiger partial charge < -0.3 is 15.6 Å². The zero-order chi connectivity index (χ0) is 10.7. The van der Waals surface area contributed by atoms with Crippen molar-refractivity contribution in [1.82, 2.24) is 15.5 Å². The van der Waals surface area contributed by atoms with E-state index in [2.05, 4.69) is 15.5 Å². The van der Waals surface area contributed by atoms with E-state index < -0.39 is 0 Å². The van der Waals surface area contributed by atoms with Crippen LogP contribution in [0.1, 0.15) is 43.9 Å². The number of hydrogen-bond acceptors (Lipinski definition) is 5. The van der Waals surface area contributed by atoms with Crippen LogP contribution in [0, 0.1) is 0 Å². The quantitative estimate of drug-likeness (QED) is 0.770. The second-order valence-electron chi connectivity index (χ2n) is 4.19. The van der Waals surface area contributed by atoms with Gasteiger partial charge >= 0.3 is 0 Å². The normalized spacial score (nSPS) is 24.0. The van der Waals surface area contributed by atoms with Gasteiger partial charge in [-0.3, -0.25) is 0 Å². The van der Waals surface area contributed by atoms with Crippen molar-refractivity contribution in [2.24, 2.45) is 5.73 Å². The zero-order valence-electron chi connectivity index (χ0n) is 9.07. The van der Waals surface area contributed by atoms with Crippen LogP contribution in [-0.2, 0) is 6.42 Å². The van der Waals surface area contributed by atoms with Gasteiger partial charge in [0.05, 0.1) is 6.04 Å². The molecule has 1 aliphatic rings. The molecule has 2 atom stereocenters. The lowest BCUT2D eigenvalue weighted by Crippen LogP contribution is -2.35. The first-order chi connectivity index (χ1) is 7.25. The zero-order valence-corrected chi connectivity index (χ0v) is 9.07. The highest BCUT2D eigenvalue weighted by atomic mass is 16.5. The summed E-state index contributed by atoms with van der Waals surface area (Å²) in [6, 6.07) is 0.335. The molecule has 5 nitrogen and oxygen atoms in total. The summed E-state index contributed by atoms with van der Waals surface area (Å²) in [7, 11) is 0. The minimum Gasteiger partial charge on any atom is -0.339 e. The van der Waals surface area contributed by atoms with E-state index in [1.807, 2.05) is 6.92 Å². The Balaban J connectivity index is 1.91. The van der Waals surface area contributed by atoms with Gasteiger partial charge in [-0.25, -0.2) is 0 Å². The molecule has 1 aliphatic heterocycles. The van der Waals surface area contributed by atoms with Gasteiger partial charge in [-0.15, -0.1) is 0 Å². The highest BCUT2D eigenvalue weighted by molar-refractivity contribution is 4.93. The number of aromatic nitrogens is 2. The van der Waals surface area contributed by atoms with Crippen LogP contribution in [-0.4, -0.2) is 22.7 Å². The molecule has 1 aromatic rings. The van der Waals surface area contributed by atoms with Crippen molar-refractivity contribution in [2.75, 3.05) is 6.54 Å². The van der Waals surface area contributed by atoms with Crippen LogP contribution in [0.2, 0.25) is 0 Å². The van der Waals surface area contributed by atoms with Gasteiger partial charge in [-0.05, 0) is 26.3 Å². The van der Waals surface area contributed by atoms with Crippen molar-refractivity contribution in [1.29, 1.82) is 0 Å². The third-order valence-corrected chi connectivity index (χ3v) is 2.72. The summed E-state index contributed by atoms with van der Waals surface area (Å²) < 4.78 is 5.15. The summed E-state index contributed by atoms with van der Waals surface area (Å²) in [6.07, 6.45) is 4.56. The molecule has 0 aliphatic carbocycles. The average Bonchev–Trinajstić information content (AvgIpc) is 2.68. The van der Waals surface area contributed by atoms with Gasteiger partial charge in [0.2, 0.25) is 5.89 Å². The third-order valence-electron chi connectivity index (χ3n) is 2.72. The topological polar surface area (TPSA) is 77.0 Å². The number of nitrogens with two attached hydrogens (primary N) is 1. The second-order valence-corrected chi connectivity index (χ2v) is 4.19. The fourth-order valence-corrected chi connectivity index (χ4v) is 1.84. The van der Waals surface area contributed by atoms with E-state index in [1.165, 1.54) is 19.3 Å². The molecule has 1 saturated heterocycles. The minimum atomic E-state index is -0.151. The average molecular weight is 210 g/mol. The Hall–Kier alpha value is -0.940. The summed E-state index contributed by atoms with van der Waals surface area (Å²) in [5, 5.41) is 7.29. The van der Waals surface area contributed by atoms with Crippen molar-refractivity contribution in [2.45, 2.75) is 44.7 Å². The van der Waals surface area contributed by atoms with Crippen LogP contribution < -0.4 is 11.1 Å². The van der Waals surface area contributed by atoms with E-state index in [0.29, 0.717) is 17.8 Å². The maximum atomic E-state index is 5.66. The van der Waals surface area contributed by atoms with Crippen LogP contribution in [0.5, 0.6) is 0 Å². The molecule has 2 rings (SSSR count). The third kappa shape index (κ3) is 2.76. The Kier molecular flexibility index (Phi) is 3.33. The monoisotopic (exact) mass is 210 g/mol. The summed E-state index contributed by atoms with van der Waals surface area (Å²) in [4.78, 5) is 4.26. The van der Waals surface area contributed by atoms with Crippen molar-refractivity contribution < 1.29 is 4.52 Å². The fourth-order valence-electron chi connectivity index (χ4n) is 1.84. The van der Waals surface area contributed by atoms with Gasteiger partial charge in [0, 0.05) is 12.5 Å². The predicted molar refractivity (Wildman–Crippen MR) is 56.2 cm³/mol. The highest BCUT2D eigenvalue weighted by Gasteiger charge is 2.17. The Labute approximate surface area is 89.4 Å². The highest BCUT2D eigenvalue weighted by Crippen LogP contribution is 2.12. The van der Waals surface area contributed by atoms with Crippen LogP contribution in [0.25, 0.3) is 0 Å². The lowest BCUT2D eigenvalue weighted by molar-refractivity contribution is 0.329. The van der Waals surface area contributed by atoms with E-state index >= 15 is 0 Å². The molecule has 0 aromatic carbocycles. The van der Waals surface area contributed by atoms with Gasteiger partial charge in [0.1, 0.15) is 0 Å². The standard InChI is InChI=1S/C10H18N4O/c1-7(11)10-13-9(15-14-10)6-8-4-2-3-5-12-8/h7-8,12H,2-6,11H2,1H3. The first-order valence-electron chi connectivity index (χ1n) is 5.57. The smallest absolute Gasteiger partial charge is 0.228 e. The van der Waals surface area contributed by atoms with Gasteiger partial charge in [-0.2, -0.15) is 4.98 Å². The number of hydrogen-bond donors (Lipinski definition) is 2. The van der Waals surface area contributed by atoms with Crippen LogP contribution in [0.4, 0.5) is 0 Å². The molecule has 2 heterocycles. The summed E-state index contributed by atoms with van der Waals surface area (Å²) >= 11 is 0. The maximum absolute atomic E-state index is 5.66. The van der Waals surface area contributed by atoms with Crippen molar-refractivity contribution in [3.63, 3.8) is 0 Å². The Bertz CT molecular complexity index is 304. The molecule has 0 spiro atoms. The molecule has 0 radical (unpaired) electrons. The van der Waals surface area contributed by atoms with Crippen LogP contribution in [0.3, 0.4) is 0 Å². The second kappa shape index (κ2) is 4.72. The molecule has 1 fully saturated rings. The first-order valence-corrected chi connectivity index (χ1v) is 5.57. The molecule has 1 aromatic heterocycles. The molecular formula is C10H18N4O. The Morgan fingerprint density at radius 1 is 1.60 bits per heavy atom. The van der Waals surface area contributed by atoms with E-state index in [9.17, 15) is 0 Å². The van der Waals surface area contributed by atoms with Gasteiger partial charge in [-0.1, -0.05) is 11.6 Å². The fraction of sp³-hybridized carbons (Fsp3) is 0.800. The SMILES string of the molecule is CC(N)c1noc(CC2CCCCN2)n1. The Morgan fingerprint density at radius 3 is 3.07 bits per heavy atom. The summed E-state index contributed by atoms with van der Waals surface area (Å²) in [6.45, 7) is 2.95. The Morgan fingerprint density at radius 2 is 2.47 bits per heavy atom. The first kappa shape index (κ1) is 10.6. The largest absolute Gasteiger partial charge is 0.339 e. The number of nitrogens with zero attached hydrogens (tertiary/aromatic N) is 2. The molecule has 2 unspecified atom stereocenters. The lowest BCUT2D eigenvalue weighted by Gasteiger charge is -2.21. The molecule has 5 heteroatoms. The van der Waals surface area contributed by atoms with Gasteiger partial charge in [0.15, 0.2) is 5.82 Å². The predicted octanol–water partition coefficient (Wildman–Crippen LogP) is 0.774. The summed E-state index contributed by atoms with van der Waals surface area (Å²) in [5.41, 5.74) is 5.66.